The largest absolute Gasteiger partial charge is 0.481 e. The predicted octanol–water partition coefficient (Wildman–Crippen LogP) is 1.82. The maximum absolute atomic E-state index is 11.7. The Morgan fingerprint density at radius 3 is 2.38 bits per heavy atom. The Labute approximate surface area is 127 Å². The minimum Gasteiger partial charge on any atom is -0.481 e. The molecule has 0 saturated heterocycles. The molecule has 2 aliphatic carbocycles. The van der Waals surface area contributed by atoms with Gasteiger partial charge in [-0.1, -0.05) is 6.42 Å². The third kappa shape index (κ3) is 4.95. The lowest BCUT2D eigenvalue weighted by Crippen LogP contribution is -2.41. The van der Waals surface area contributed by atoms with Crippen molar-refractivity contribution in [1.29, 1.82) is 0 Å². The van der Waals surface area contributed by atoms with Gasteiger partial charge in [-0.25, -0.2) is 8.42 Å². The number of hydrogen-bond donors (Lipinski definition) is 2. The zero-order valence-electron chi connectivity index (χ0n) is 12.8. The summed E-state index contributed by atoms with van der Waals surface area (Å²) in [6.07, 6.45) is 8.36. The molecule has 0 aromatic rings. The molecular formula is C15H27NO4S. The Balaban J connectivity index is 1.73. The number of carboxylic acid groups (broad SMARTS) is 1. The van der Waals surface area contributed by atoms with E-state index in [0.29, 0.717) is 12.0 Å². The van der Waals surface area contributed by atoms with Crippen molar-refractivity contribution in [1.82, 2.24) is 5.32 Å². The van der Waals surface area contributed by atoms with Gasteiger partial charge in [-0.2, -0.15) is 0 Å². The smallest absolute Gasteiger partial charge is 0.306 e. The quantitative estimate of drug-likeness (QED) is 0.808. The molecule has 6 heteroatoms. The van der Waals surface area contributed by atoms with Crippen LogP contribution in [-0.2, 0) is 14.6 Å². The van der Waals surface area contributed by atoms with Gasteiger partial charge in [-0.3, -0.25) is 4.79 Å². The molecule has 0 heterocycles. The molecule has 2 rings (SSSR count). The zero-order chi connectivity index (χ0) is 15.5. The number of hydrogen-bond acceptors (Lipinski definition) is 4. The van der Waals surface area contributed by atoms with Crippen LogP contribution in [0, 0.1) is 11.8 Å². The molecular weight excluding hydrogens is 290 g/mol. The summed E-state index contributed by atoms with van der Waals surface area (Å²) >= 11 is 0. The van der Waals surface area contributed by atoms with Gasteiger partial charge in [0.2, 0.25) is 0 Å². The van der Waals surface area contributed by atoms with E-state index in [9.17, 15) is 13.2 Å². The van der Waals surface area contributed by atoms with Crippen LogP contribution in [0.5, 0.6) is 0 Å². The molecule has 0 bridgehead atoms. The molecule has 0 spiro atoms. The molecule has 0 aromatic heterocycles. The van der Waals surface area contributed by atoms with Crippen LogP contribution in [0.4, 0.5) is 0 Å². The number of aliphatic carboxylic acids is 1. The molecule has 2 atom stereocenters. The van der Waals surface area contributed by atoms with Gasteiger partial charge in [0.05, 0.1) is 11.2 Å². The fourth-order valence-corrected chi connectivity index (χ4v) is 4.84. The van der Waals surface area contributed by atoms with Gasteiger partial charge in [0.1, 0.15) is 9.84 Å². The van der Waals surface area contributed by atoms with E-state index in [0.717, 1.165) is 57.9 Å². The van der Waals surface area contributed by atoms with E-state index in [1.165, 1.54) is 6.26 Å². The SMILES string of the molecule is CS(=O)(=O)C1CCCC(NCC2CCC(C(=O)O)CC2)C1. The molecule has 2 fully saturated rings. The Bertz CT molecular complexity index is 454. The molecule has 0 aliphatic heterocycles. The summed E-state index contributed by atoms with van der Waals surface area (Å²) in [4.78, 5) is 10.9. The molecule has 2 N–H and O–H groups in total. The lowest BCUT2D eigenvalue weighted by molar-refractivity contribution is -0.143. The van der Waals surface area contributed by atoms with Crippen LogP contribution in [-0.4, -0.2) is 43.6 Å². The summed E-state index contributed by atoms with van der Waals surface area (Å²) in [5.74, 6) is -0.283. The van der Waals surface area contributed by atoms with Crippen LogP contribution >= 0.6 is 0 Å². The minimum absolute atomic E-state index is 0.162. The number of carbonyl (C=O) groups is 1. The second kappa shape index (κ2) is 7.09. The fourth-order valence-electron chi connectivity index (χ4n) is 3.67. The summed E-state index contributed by atoms with van der Waals surface area (Å²) < 4.78 is 23.3. The number of sulfone groups is 1. The normalized spacial score (nSPS) is 34.5. The standard InChI is InChI=1S/C15H27NO4S/c1-21(19,20)14-4-2-3-13(9-14)16-10-11-5-7-12(8-6-11)15(17)18/h11-14,16H,2-10H2,1H3,(H,17,18). The van der Waals surface area contributed by atoms with Crippen molar-refractivity contribution in [2.24, 2.45) is 11.8 Å². The van der Waals surface area contributed by atoms with Gasteiger partial charge in [0, 0.05) is 12.3 Å². The van der Waals surface area contributed by atoms with Gasteiger partial charge in [-0.05, 0) is 57.4 Å². The van der Waals surface area contributed by atoms with Crippen molar-refractivity contribution >= 4 is 15.8 Å². The van der Waals surface area contributed by atoms with Crippen molar-refractivity contribution in [3.8, 4) is 0 Å². The van der Waals surface area contributed by atoms with Gasteiger partial charge in [0.15, 0.2) is 0 Å². The highest BCUT2D eigenvalue weighted by molar-refractivity contribution is 7.91. The highest BCUT2D eigenvalue weighted by Gasteiger charge is 2.30. The lowest BCUT2D eigenvalue weighted by Gasteiger charge is -2.32. The Hall–Kier alpha value is -0.620. The molecule has 21 heavy (non-hydrogen) atoms. The summed E-state index contributed by atoms with van der Waals surface area (Å²) in [6, 6.07) is 0.302. The number of rotatable bonds is 5. The molecule has 2 aliphatic rings. The topological polar surface area (TPSA) is 83.5 Å². The molecule has 2 saturated carbocycles. The van der Waals surface area contributed by atoms with Gasteiger partial charge in [-0.15, -0.1) is 0 Å². The van der Waals surface area contributed by atoms with Gasteiger partial charge < -0.3 is 10.4 Å². The lowest BCUT2D eigenvalue weighted by atomic mass is 9.82. The maximum Gasteiger partial charge on any atom is 0.306 e. The average Bonchev–Trinajstić information content (AvgIpc) is 2.45. The van der Waals surface area contributed by atoms with Crippen molar-refractivity contribution in [2.75, 3.05) is 12.8 Å². The summed E-state index contributed by atoms with van der Waals surface area (Å²) in [6.45, 7) is 0.896. The highest BCUT2D eigenvalue weighted by atomic mass is 32.2. The first-order valence-corrected chi connectivity index (χ1v) is 9.96. The molecule has 0 radical (unpaired) electrons. The molecule has 0 amide bonds. The molecule has 2 unspecified atom stereocenters. The van der Waals surface area contributed by atoms with Crippen LogP contribution in [0.1, 0.15) is 51.4 Å². The fraction of sp³-hybridized carbons (Fsp3) is 0.933. The summed E-state index contributed by atoms with van der Waals surface area (Å²) in [5.41, 5.74) is 0. The molecule has 5 nitrogen and oxygen atoms in total. The van der Waals surface area contributed by atoms with Crippen molar-refractivity contribution in [3.63, 3.8) is 0 Å². The first kappa shape index (κ1) is 16.7. The van der Waals surface area contributed by atoms with Crippen molar-refractivity contribution in [2.45, 2.75) is 62.7 Å². The zero-order valence-corrected chi connectivity index (χ0v) is 13.6. The second-order valence-corrected chi connectivity index (χ2v) is 9.10. The first-order valence-electron chi connectivity index (χ1n) is 8.01. The number of carboxylic acids is 1. The number of nitrogens with one attached hydrogen (secondary N) is 1. The van der Waals surface area contributed by atoms with Crippen LogP contribution in [0.25, 0.3) is 0 Å². The Kier molecular flexibility index (Phi) is 5.66. The highest BCUT2D eigenvalue weighted by Crippen LogP contribution is 2.29. The maximum atomic E-state index is 11.7. The third-order valence-corrected chi connectivity index (χ3v) is 6.76. The Morgan fingerprint density at radius 2 is 1.81 bits per heavy atom. The van der Waals surface area contributed by atoms with Crippen LogP contribution in [0.2, 0.25) is 0 Å². The van der Waals surface area contributed by atoms with Crippen LogP contribution in [0.3, 0.4) is 0 Å². The minimum atomic E-state index is -2.92. The van der Waals surface area contributed by atoms with E-state index in [1.54, 1.807) is 0 Å². The van der Waals surface area contributed by atoms with Gasteiger partial charge in [0.25, 0.3) is 0 Å². The van der Waals surface area contributed by atoms with Crippen molar-refractivity contribution in [3.05, 3.63) is 0 Å². The van der Waals surface area contributed by atoms with Gasteiger partial charge >= 0.3 is 5.97 Å². The first-order chi connectivity index (χ1) is 9.86. The van der Waals surface area contributed by atoms with Crippen LogP contribution in [0.15, 0.2) is 0 Å². The Morgan fingerprint density at radius 1 is 1.14 bits per heavy atom. The monoisotopic (exact) mass is 317 g/mol. The molecule has 122 valence electrons. The van der Waals surface area contributed by atoms with E-state index in [2.05, 4.69) is 5.32 Å². The van der Waals surface area contributed by atoms with Crippen LogP contribution < -0.4 is 5.32 Å². The van der Waals surface area contributed by atoms with E-state index in [4.69, 9.17) is 5.11 Å². The summed E-state index contributed by atoms with van der Waals surface area (Å²) in [5, 5.41) is 12.3. The van der Waals surface area contributed by atoms with E-state index < -0.39 is 15.8 Å². The van der Waals surface area contributed by atoms with E-state index >= 15 is 0 Å². The summed E-state index contributed by atoms with van der Waals surface area (Å²) in [7, 11) is -2.92. The van der Waals surface area contributed by atoms with E-state index in [-0.39, 0.29) is 11.2 Å². The van der Waals surface area contributed by atoms with Crippen molar-refractivity contribution < 1.29 is 18.3 Å². The average molecular weight is 317 g/mol. The predicted molar refractivity (Wildman–Crippen MR) is 82.0 cm³/mol. The molecule has 0 aromatic carbocycles. The third-order valence-electron chi connectivity index (χ3n) is 5.12. The van der Waals surface area contributed by atoms with E-state index in [1.807, 2.05) is 0 Å². The second-order valence-electron chi connectivity index (χ2n) is 6.78.